The molecule has 0 aliphatic rings. The Morgan fingerprint density at radius 1 is 1.50 bits per heavy atom. The number of hydrogen-bond acceptors (Lipinski definition) is 4. The summed E-state index contributed by atoms with van der Waals surface area (Å²) in [5.74, 6) is -0.893. The van der Waals surface area contributed by atoms with Gasteiger partial charge in [-0.05, 0) is 20.0 Å². The lowest BCUT2D eigenvalue weighted by molar-refractivity contribution is -0.150. The van der Waals surface area contributed by atoms with Gasteiger partial charge in [-0.3, -0.25) is 10.1 Å². The van der Waals surface area contributed by atoms with E-state index in [1.807, 2.05) is 32.8 Å². The third-order valence-electron chi connectivity index (χ3n) is 2.74. The Labute approximate surface area is 97.8 Å². The minimum absolute atomic E-state index is 0.0351. The van der Waals surface area contributed by atoms with Crippen LogP contribution in [0.15, 0.2) is 0 Å². The van der Waals surface area contributed by atoms with Crippen LogP contribution in [0.2, 0.25) is 0 Å². The molecule has 0 heterocycles. The average Bonchev–Trinajstić information content (AvgIpc) is 2.14. The molecule has 1 atom stereocenters. The number of ether oxygens (including phenoxy) is 1. The van der Waals surface area contributed by atoms with E-state index in [-0.39, 0.29) is 12.5 Å². The van der Waals surface area contributed by atoms with E-state index < -0.39 is 11.5 Å². The molecule has 0 aliphatic carbocycles. The van der Waals surface area contributed by atoms with Crippen LogP contribution in [0.25, 0.3) is 0 Å². The predicted octanol–water partition coefficient (Wildman–Crippen LogP) is 0.263. The molecule has 0 fully saturated rings. The zero-order chi connectivity index (χ0) is 12.8. The highest BCUT2D eigenvalue weighted by Crippen LogP contribution is 2.18. The fraction of sp³-hybridized carbons (Fsp3) is 0.909. The van der Waals surface area contributed by atoms with Crippen LogP contribution in [0.3, 0.4) is 0 Å². The molecule has 0 bridgehead atoms. The number of carboxylic acid groups (broad SMARTS) is 1. The molecule has 96 valence electrons. The monoisotopic (exact) mass is 232 g/mol. The van der Waals surface area contributed by atoms with Gasteiger partial charge in [-0.1, -0.05) is 13.8 Å². The van der Waals surface area contributed by atoms with Crippen molar-refractivity contribution in [2.24, 2.45) is 5.92 Å². The van der Waals surface area contributed by atoms with Crippen LogP contribution in [-0.2, 0) is 9.53 Å². The van der Waals surface area contributed by atoms with Gasteiger partial charge in [0.05, 0.1) is 6.61 Å². The van der Waals surface area contributed by atoms with Crippen molar-refractivity contribution in [3.05, 3.63) is 0 Å². The Hall–Kier alpha value is -0.650. The zero-order valence-electron chi connectivity index (χ0n) is 10.9. The maximum Gasteiger partial charge on any atom is 0.326 e. The topological polar surface area (TPSA) is 61.8 Å². The molecule has 0 aromatic carbocycles. The van der Waals surface area contributed by atoms with Crippen molar-refractivity contribution >= 4 is 5.97 Å². The minimum Gasteiger partial charge on any atom is -0.480 e. The van der Waals surface area contributed by atoms with E-state index in [1.54, 1.807) is 0 Å². The number of aliphatic carboxylic acids is 1. The van der Waals surface area contributed by atoms with Gasteiger partial charge in [0.1, 0.15) is 5.54 Å². The van der Waals surface area contributed by atoms with Crippen molar-refractivity contribution in [2.75, 3.05) is 40.9 Å². The highest BCUT2D eigenvalue weighted by molar-refractivity contribution is 5.79. The summed E-state index contributed by atoms with van der Waals surface area (Å²) in [6.45, 7) is 5.37. The van der Waals surface area contributed by atoms with E-state index in [2.05, 4.69) is 5.32 Å². The quantitative estimate of drug-likeness (QED) is 0.629. The molecule has 0 radical (unpaired) electrons. The Morgan fingerprint density at radius 3 is 2.38 bits per heavy atom. The molecule has 0 rings (SSSR count). The van der Waals surface area contributed by atoms with Crippen molar-refractivity contribution in [2.45, 2.75) is 19.4 Å². The number of likely N-dealkylation sites (N-methyl/N-ethyl adjacent to an activating group) is 1. The molecular formula is C11H24N2O3. The summed E-state index contributed by atoms with van der Waals surface area (Å²) in [6, 6.07) is 0. The van der Waals surface area contributed by atoms with E-state index in [4.69, 9.17) is 4.74 Å². The molecule has 0 saturated heterocycles. The van der Waals surface area contributed by atoms with Crippen LogP contribution in [0.5, 0.6) is 0 Å². The first-order valence-corrected chi connectivity index (χ1v) is 5.49. The summed E-state index contributed by atoms with van der Waals surface area (Å²) in [5, 5.41) is 12.4. The number of nitrogens with one attached hydrogen (secondary N) is 1. The summed E-state index contributed by atoms with van der Waals surface area (Å²) < 4.78 is 5.03. The number of nitrogens with zero attached hydrogens (tertiary/aromatic N) is 1. The molecule has 16 heavy (non-hydrogen) atoms. The Balaban J connectivity index is 4.56. The fourth-order valence-electron chi connectivity index (χ4n) is 1.54. The van der Waals surface area contributed by atoms with Crippen LogP contribution in [0.4, 0.5) is 0 Å². The van der Waals surface area contributed by atoms with E-state index in [0.717, 1.165) is 6.54 Å². The fourth-order valence-corrected chi connectivity index (χ4v) is 1.54. The van der Waals surface area contributed by atoms with Crippen molar-refractivity contribution in [1.82, 2.24) is 10.2 Å². The van der Waals surface area contributed by atoms with Gasteiger partial charge in [0.2, 0.25) is 0 Å². The normalized spacial score (nSPS) is 15.4. The Bertz CT molecular complexity index is 219. The molecule has 0 amide bonds. The van der Waals surface area contributed by atoms with E-state index in [1.165, 1.54) is 7.11 Å². The maximum atomic E-state index is 11.4. The summed E-state index contributed by atoms with van der Waals surface area (Å²) >= 11 is 0. The van der Waals surface area contributed by atoms with Gasteiger partial charge >= 0.3 is 5.97 Å². The molecule has 0 spiro atoms. The second-order valence-electron chi connectivity index (χ2n) is 4.59. The highest BCUT2D eigenvalue weighted by Gasteiger charge is 2.41. The number of carbonyl (C=O) groups is 1. The Kier molecular flexibility index (Phi) is 6.55. The largest absolute Gasteiger partial charge is 0.480 e. The molecule has 0 saturated carbocycles. The summed E-state index contributed by atoms with van der Waals surface area (Å²) in [4.78, 5) is 13.4. The Morgan fingerprint density at radius 2 is 2.06 bits per heavy atom. The van der Waals surface area contributed by atoms with Crippen LogP contribution in [0, 0.1) is 5.92 Å². The number of rotatable bonds is 8. The van der Waals surface area contributed by atoms with Crippen LogP contribution in [-0.4, -0.2) is 62.4 Å². The molecule has 2 N–H and O–H groups in total. The van der Waals surface area contributed by atoms with Crippen LogP contribution >= 0.6 is 0 Å². The van der Waals surface area contributed by atoms with Crippen molar-refractivity contribution < 1.29 is 14.6 Å². The molecule has 5 nitrogen and oxygen atoms in total. The van der Waals surface area contributed by atoms with E-state index in [9.17, 15) is 9.90 Å². The molecule has 5 heteroatoms. The molecular weight excluding hydrogens is 208 g/mol. The van der Waals surface area contributed by atoms with Crippen molar-refractivity contribution in [1.29, 1.82) is 0 Å². The van der Waals surface area contributed by atoms with Gasteiger partial charge in [0.25, 0.3) is 0 Å². The summed E-state index contributed by atoms with van der Waals surface area (Å²) in [5.41, 5.74) is -0.995. The van der Waals surface area contributed by atoms with Crippen LogP contribution < -0.4 is 5.32 Å². The number of methoxy groups -OCH3 is 1. The minimum atomic E-state index is -0.995. The second kappa shape index (κ2) is 6.83. The first-order valence-electron chi connectivity index (χ1n) is 5.49. The lowest BCUT2D eigenvalue weighted by atomic mass is 9.87. The van der Waals surface area contributed by atoms with Gasteiger partial charge in [0, 0.05) is 20.2 Å². The first kappa shape index (κ1) is 15.3. The number of hydrogen-bond donors (Lipinski definition) is 2. The first-order chi connectivity index (χ1) is 7.36. The van der Waals surface area contributed by atoms with Gasteiger partial charge in [-0.25, -0.2) is 0 Å². The molecule has 0 aromatic rings. The number of carboxylic acids is 1. The summed E-state index contributed by atoms with van der Waals surface area (Å²) in [7, 11) is 5.43. The van der Waals surface area contributed by atoms with E-state index in [0.29, 0.717) is 6.54 Å². The molecule has 0 aliphatic heterocycles. The third-order valence-corrected chi connectivity index (χ3v) is 2.74. The van der Waals surface area contributed by atoms with Crippen LogP contribution in [0.1, 0.15) is 13.8 Å². The standard InChI is InChI=1S/C11H24N2O3/c1-9(2)11(8-16-5,10(14)15)12-6-7-13(3)4/h9,12H,6-8H2,1-5H3,(H,14,15). The smallest absolute Gasteiger partial charge is 0.326 e. The lowest BCUT2D eigenvalue weighted by Gasteiger charge is -2.34. The molecule has 1 unspecified atom stereocenters. The molecule has 0 aromatic heterocycles. The summed E-state index contributed by atoms with van der Waals surface area (Å²) in [6.07, 6.45) is 0. The second-order valence-corrected chi connectivity index (χ2v) is 4.59. The average molecular weight is 232 g/mol. The van der Waals surface area contributed by atoms with Crippen molar-refractivity contribution in [3.63, 3.8) is 0 Å². The zero-order valence-corrected chi connectivity index (χ0v) is 10.9. The predicted molar refractivity (Wildman–Crippen MR) is 63.6 cm³/mol. The van der Waals surface area contributed by atoms with Gasteiger partial charge in [0.15, 0.2) is 0 Å². The maximum absolute atomic E-state index is 11.4. The van der Waals surface area contributed by atoms with Crippen molar-refractivity contribution in [3.8, 4) is 0 Å². The van der Waals surface area contributed by atoms with Gasteiger partial charge in [-0.15, -0.1) is 0 Å². The van der Waals surface area contributed by atoms with Gasteiger partial charge < -0.3 is 14.7 Å². The van der Waals surface area contributed by atoms with E-state index >= 15 is 0 Å². The third kappa shape index (κ3) is 4.08. The van der Waals surface area contributed by atoms with Gasteiger partial charge in [-0.2, -0.15) is 0 Å². The SMILES string of the molecule is COCC(NCCN(C)C)(C(=O)O)C(C)C. The lowest BCUT2D eigenvalue weighted by Crippen LogP contribution is -2.60. The highest BCUT2D eigenvalue weighted by atomic mass is 16.5.